The number of aliphatic hydroxyl groups is 1. The molecule has 0 unspecified atom stereocenters. The van der Waals surface area contributed by atoms with Gasteiger partial charge in [0.05, 0.1) is 25.2 Å². The zero-order valence-corrected chi connectivity index (χ0v) is 20.2. The Labute approximate surface area is 196 Å². The number of hydrogen-bond acceptors (Lipinski definition) is 5. The minimum atomic E-state index is -0.941. The number of fused-ring (bicyclic) bond motifs is 3. The third-order valence-corrected chi connectivity index (χ3v) is 8.20. The van der Waals surface area contributed by atoms with Crippen LogP contribution in [0.4, 0.5) is 0 Å². The van der Waals surface area contributed by atoms with Crippen LogP contribution in [0.15, 0.2) is 42.5 Å². The van der Waals surface area contributed by atoms with Gasteiger partial charge in [-0.1, -0.05) is 63.3 Å². The SMILES string of the molecule is CC(C)(C)[C@@H]1OC[C@]2([C@H](O)[C@H]3C=CCCC3)N1C(=O)[C@@H]1C[C@H](OCc3ccccc3)O[C@@]12C. The Kier molecular flexibility index (Phi) is 5.72. The van der Waals surface area contributed by atoms with E-state index in [9.17, 15) is 9.90 Å². The molecule has 3 fully saturated rings. The van der Waals surface area contributed by atoms with Crippen molar-refractivity contribution < 1.29 is 24.1 Å². The lowest BCUT2D eigenvalue weighted by Crippen LogP contribution is -2.67. The monoisotopic (exact) mass is 455 g/mol. The molecule has 6 nitrogen and oxygen atoms in total. The lowest BCUT2D eigenvalue weighted by molar-refractivity contribution is -0.216. The molecule has 5 rings (SSSR count). The van der Waals surface area contributed by atoms with Gasteiger partial charge in [-0.15, -0.1) is 0 Å². The van der Waals surface area contributed by atoms with E-state index in [1.807, 2.05) is 42.2 Å². The van der Waals surface area contributed by atoms with Crippen molar-refractivity contribution in [3.8, 4) is 0 Å². The Bertz CT molecular complexity index is 911. The number of carbonyl (C=O) groups excluding carboxylic acids is 1. The van der Waals surface area contributed by atoms with E-state index < -0.39 is 29.8 Å². The van der Waals surface area contributed by atoms with E-state index in [0.717, 1.165) is 24.8 Å². The second-order valence-electron chi connectivity index (χ2n) is 11.4. The number of nitrogens with zero attached hydrogens (tertiary/aromatic N) is 1. The summed E-state index contributed by atoms with van der Waals surface area (Å²) in [6.07, 6.45) is 6.06. The van der Waals surface area contributed by atoms with Gasteiger partial charge in [-0.2, -0.15) is 0 Å². The molecule has 7 atom stereocenters. The van der Waals surface area contributed by atoms with E-state index in [-0.39, 0.29) is 29.8 Å². The molecular weight excluding hydrogens is 418 g/mol. The van der Waals surface area contributed by atoms with Gasteiger partial charge < -0.3 is 24.2 Å². The Morgan fingerprint density at radius 1 is 1.27 bits per heavy atom. The summed E-state index contributed by atoms with van der Waals surface area (Å²) >= 11 is 0. The fourth-order valence-electron chi connectivity index (χ4n) is 6.46. The van der Waals surface area contributed by atoms with Crippen molar-refractivity contribution in [2.24, 2.45) is 17.3 Å². The topological polar surface area (TPSA) is 68.2 Å². The van der Waals surface area contributed by atoms with Crippen LogP contribution >= 0.6 is 0 Å². The average Bonchev–Trinajstić information content (AvgIpc) is 3.42. The van der Waals surface area contributed by atoms with Crippen LogP contribution in [0, 0.1) is 17.3 Å². The minimum Gasteiger partial charge on any atom is -0.390 e. The van der Waals surface area contributed by atoms with Crippen molar-refractivity contribution in [1.29, 1.82) is 0 Å². The molecule has 1 N–H and O–H groups in total. The van der Waals surface area contributed by atoms with Gasteiger partial charge in [-0.25, -0.2) is 0 Å². The number of aliphatic hydroxyl groups excluding tert-OH is 1. The van der Waals surface area contributed by atoms with Crippen LogP contribution in [0.3, 0.4) is 0 Å². The van der Waals surface area contributed by atoms with Gasteiger partial charge in [-0.3, -0.25) is 4.79 Å². The second kappa shape index (κ2) is 8.19. The smallest absolute Gasteiger partial charge is 0.231 e. The predicted octanol–water partition coefficient (Wildman–Crippen LogP) is 4.03. The van der Waals surface area contributed by atoms with Gasteiger partial charge in [0.25, 0.3) is 0 Å². The molecule has 0 spiro atoms. The maximum atomic E-state index is 13.9. The zero-order chi connectivity index (χ0) is 23.4. The van der Waals surface area contributed by atoms with Gasteiger partial charge >= 0.3 is 0 Å². The van der Waals surface area contributed by atoms with E-state index in [4.69, 9.17) is 14.2 Å². The van der Waals surface area contributed by atoms with Crippen LogP contribution < -0.4 is 0 Å². The first kappa shape index (κ1) is 23.0. The van der Waals surface area contributed by atoms with Crippen LogP contribution in [0.1, 0.15) is 58.9 Å². The van der Waals surface area contributed by atoms with Gasteiger partial charge in [0.2, 0.25) is 5.91 Å². The molecule has 0 saturated carbocycles. The van der Waals surface area contributed by atoms with Gasteiger partial charge in [0.15, 0.2) is 6.29 Å². The van der Waals surface area contributed by atoms with Gasteiger partial charge in [-0.05, 0) is 31.7 Å². The van der Waals surface area contributed by atoms with E-state index in [2.05, 4.69) is 32.9 Å². The average molecular weight is 456 g/mol. The third kappa shape index (κ3) is 3.49. The fraction of sp³-hybridized carbons (Fsp3) is 0.667. The number of benzene rings is 1. The molecule has 1 aromatic carbocycles. The number of ether oxygens (including phenoxy) is 3. The van der Waals surface area contributed by atoms with Crippen molar-refractivity contribution in [2.75, 3.05) is 6.61 Å². The quantitative estimate of drug-likeness (QED) is 0.679. The van der Waals surface area contributed by atoms with E-state index in [1.165, 1.54) is 0 Å². The van der Waals surface area contributed by atoms with Crippen molar-refractivity contribution in [1.82, 2.24) is 4.90 Å². The lowest BCUT2D eigenvalue weighted by atomic mass is 9.69. The second-order valence-corrected chi connectivity index (χ2v) is 11.4. The molecule has 33 heavy (non-hydrogen) atoms. The molecule has 0 radical (unpaired) electrons. The number of rotatable bonds is 5. The molecule has 3 aliphatic heterocycles. The largest absolute Gasteiger partial charge is 0.390 e. The highest BCUT2D eigenvalue weighted by Crippen LogP contribution is 2.60. The Balaban J connectivity index is 1.47. The number of hydrogen-bond donors (Lipinski definition) is 1. The van der Waals surface area contributed by atoms with Gasteiger partial charge in [0.1, 0.15) is 17.4 Å². The normalized spacial score (nSPS) is 39.1. The first-order valence-electron chi connectivity index (χ1n) is 12.3. The Morgan fingerprint density at radius 2 is 2.03 bits per heavy atom. The summed E-state index contributed by atoms with van der Waals surface area (Å²) in [5, 5.41) is 11.9. The molecule has 4 aliphatic rings. The highest BCUT2D eigenvalue weighted by atomic mass is 16.7. The highest BCUT2D eigenvalue weighted by Gasteiger charge is 2.77. The molecule has 0 bridgehead atoms. The van der Waals surface area contributed by atoms with Crippen molar-refractivity contribution in [3.05, 3.63) is 48.0 Å². The van der Waals surface area contributed by atoms with E-state index in [1.54, 1.807) is 0 Å². The fourth-order valence-corrected chi connectivity index (χ4v) is 6.46. The number of allylic oxidation sites excluding steroid dienone is 1. The molecule has 0 aromatic heterocycles. The van der Waals surface area contributed by atoms with Crippen molar-refractivity contribution in [3.63, 3.8) is 0 Å². The minimum absolute atomic E-state index is 0.0135. The first-order valence-corrected chi connectivity index (χ1v) is 12.3. The predicted molar refractivity (Wildman–Crippen MR) is 124 cm³/mol. The zero-order valence-electron chi connectivity index (χ0n) is 20.2. The molecule has 6 heteroatoms. The molecule has 180 valence electrons. The van der Waals surface area contributed by atoms with Crippen LogP contribution in [0.2, 0.25) is 0 Å². The number of carbonyl (C=O) groups is 1. The van der Waals surface area contributed by atoms with Crippen LogP contribution in [0.5, 0.6) is 0 Å². The van der Waals surface area contributed by atoms with Crippen LogP contribution in [-0.2, 0) is 25.6 Å². The van der Waals surface area contributed by atoms with Crippen molar-refractivity contribution >= 4 is 5.91 Å². The molecular formula is C27H37NO5. The third-order valence-electron chi connectivity index (χ3n) is 8.20. The summed E-state index contributed by atoms with van der Waals surface area (Å²) in [6.45, 7) is 8.93. The summed E-state index contributed by atoms with van der Waals surface area (Å²) in [4.78, 5) is 15.8. The lowest BCUT2D eigenvalue weighted by Gasteiger charge is -2.48. The molecule has 1 aromatic rings. The summed E-state index contributed by atoms with van der Waals surface area (Å²) in [5.41, 5.74) is -1.05. The number of amides is 1. The van der Waals surface area contributed by atoms with Crippen molar-refractivity contribution in [2.45, 2.75) is 89.7 Å². The standard InChI is InChI=1S/C27H37NO5/c1-25(2,3)24-28-23(30)20-15-21(31-16-18-11-7-5-8-12-18)33-26(20,4)27(28,17-32-24)22(29)19-13-9-6-10-14-19/h5,7-9,11-13,19-22,24,29H,6,10,14-17H2,1-4H3/t19-,20-,21+,22+,24-,26-,27+/m0/s1. The maximum absolute atomic E-state index is 13.9. The summed E-state index contributed by atoms with van der Waals surface area (Å²) in [6, 6.07) is 9.98. The Hall–Kier alpha value is -1.73. The van der Waals surface area contributed by atoms with Crippen LogP contribution in [-0.4, -0.2) is 52.3 Å². The molecule has 3 saturated heterocycles. The van der Waals surface area contributed by atoms with E-state index in [0.29, 0.717) is 13.0 Å². The highest BCUT2D eigenvalue weighted by molar-refractivity contribution is 5.86. The van der Waals surface area contributed by atoms with Crippen LogP contribution in [0.25, 0.3) is 0 Å². The molecule has 3 heterocycles. The van der Waals surface area contributed by atoms with Gasteiger partial charge in [0, 0.05) is 17.8 Å². The summed E-state index contributed by atoms with van der Waals surface area (Å²) in [7, 11) is 0. The summed E-state index contributed by atoms with van der Waals surface area (Å²) < 4.78 is 19.0. The first-order chi connectivity index (χ1) is 15.7. The summed E-state index contributed by atoms with van der Waals surface area (Å²) in [5.74, 6) is -0.381. The molecule has 1 amide bonds. The Morgan fingerprint density at radius 3 is 2.70 bits per heavy atom. The maximum Gasteiger partial charge on any atom is 0.231 e. The molecule has 1 aliphatic carbocycles. The van der Waals surface area contributed by atoms with E-state index >= 15 is 0 Å².